The van der Waals surface area contributed by atoms with Crippen LogP contribution >= 0.6 is 11.3 Å². The SMILES string of the molecule is Cc1nc(C(=O)N2CCCC3(CC(C(=O)NCc4cccnc4)=NO3)C2)cs1. The molecule has 0 aromatic carbocycles. The lowest BCUT2D eigenvalue weighted by Crippen LogP contribution is -2.51. The number of piperidine rings is 1. The van der Waals surface area contributed by atoms with E-state index in [2.05, 4.69) is 20.4 Å². The minimum atomic E-state index is -0.625. The molecule has 1 atom stereocenters. The average Bonchev–Trinajstić information content (AvgIpc) is 3.33. The molecule has 0 radical (unpaired) electrons. The lowest BCUT2D eigenvalue weighted by molar-refractivity contribution is -0.115. The fraction of sp³-hybridized carbons (Fsp3) is 0.421. The van der Waals surface area contributed by atoms with E-state index in [0.29, 0.717) is 37.5 Å². The second-order valence-electron chi connectivity index (χ2n) is 7.12. The van der Waals surface area contributed by atoms with Crippen molar-refractivity contribution in [3.63, 3.8) is 0 Å². The minimum Gasteiger partial charge on any atom is -0.386 e. The molecule has 9 heteroatoms. The van der Waals surface area contributed by atoms with Crippen molar-refractivity contribution in [2.24, 2.45) is 5.16 Å². The van der Waals surface area contributed by atoms with E-state index in [-0.39, 0.29) is 11.8 Å². The van der Waals surface area contributed by atoms with Crippen LogP contribution in [-0.4, -0.2) is 51.1 Å². The Labute approximate surface area is 166 Å². The van der Waals surface area contributed by atoms with Crippen molar-refractivity contribution in [2.75, 3.05) is 13.1 Å². The molecule has 2 amide bonds. The van der Waals surface area contributed by atoms with Crippen LogP contribution in [-0.2, 0) is 16.2 Å². The molecule has 0 saturated carbocycles. The Morgan fingerprint density at radius 3 is 3.07 bits per heavy atom. The quantitative estimate of drug-likeness (QED) is 0.847. The third-order valence-corrected chi connectivity index (χ3v) is 5.72. The summed E-state index contributed by atoms with van der Waals surface area (Å²) in [5.41, 5.74) is 1.12. The fourth-order valence-corrected chi connectivity index (χ4v) is 4.13. The van der Waals surface area contributed by atoms with Crippen molar-refractivity contribution in [3.05, 3.63) is 46.2 Å². The number of hydrogen-bond donors (Lipinski definition) is 1. The van der Waals surface area contributed by atoms with Crippen molar-refractivity contribution < 1.29 is 14.4 Å². The Kier molecular flexibility index (Phi) is 5.08. The predicted octanol–water partition coefficient (Wildman–Crippen LogP) is 1.91. The molecule has 1 unspecified atom stereocenters. The topological polar surface area (TPSA) is 96.8 Å². The van der Waals surface area contributed by atoms with Gasteiger partial charge in [0.05, 0.1) is 11.6 Å². The molecule has 1 spiro atoms. The van der Waals surface area contributed by atoms with E-state index in [1.165, 1.54) is 11.3 Å². The van der Waals surface area contributed by atoms with Gasteiger partial charge < -0.3 is 15.1 Å². The van der Waals surface area contributed by atoms with E-state index in [1.54, 1.807) is 22.7 Å². The van der Waals surface area contributed by atoms with Crippen LogP contribution in [0.3, 0.4) is 0 Å². The van der Waals surface area contributed by atoms with Crippen LogP contribution in [0.25, 0.3) is 0 Å². The highest BCUT2D eigenvalue weighted by molar-refractivity contribution is 7.09. The second-order valence-corrected chi connectivity index (χ2v) is 8.18. The van der Waals surface area contributed by atoms with Crippen LogP contribution in [0.1, 0.15) is 40.3 Å². The van der Waals surface area contributed by atoms with Gasteiger partial charge >= 0.3 is 0 Å². The van der Waals surface area contributed by atoms with Crippen LogP contribution in [0.15, 0.2) is 35.1 Å². The first kappa shape index (κ1) is 18.5. The molecule has 4 heterocycles. The maximum Gasteiger partial charge on any atom is 0.273 e. The highest BCUT2D eigenvalue weighted by atomic mass is 32.1. The monoisotopic (exact) mass is 399 g/mol. The third-order valence-electron chi connectivity index (χ3n) is 4.94. The molecule has 2 aliphatic heterocycles. The number of carbonyl (C=O) groups is 2. The number of oxime groups is 1. The first-order valence-electron chi connectivity index (χ1n) is 9.18. The van der Waals surface area contributed by atoms with Gasteiger partial charge in [-0.1, -0.05) is 11.2 Å². The zero-order valence-electron chi connectivity index (χ0n) is 15.6. The maximum absolute atomic E-state index is 12.7. The Balaban J connectivity index is 1.36. The Morgan fingerprint density at radius 2 is 2.32 bits per heavy atom. The van der Waals surface area contributed by atoms with Crippen molar-refractivity contribution in [2.45, 2.75) is 38.3 Å². The van der Waals surface area contributed by atoms with Gasteiger partial charge in [0.2, 0.25) is 0 Å². The molecule has 4 rings (SSSR count). The van der Waals surface area contributed by atoms with Crippen LogP contribution in [0, 0.1) is 6.92 Å². The molecule has 1 saturated heterocycles. The number of carbonyl (C=O) groups excluding carboxylic acids is 2. The molecule has 2 aromatic rings. The lowest BCUT2D eigenvalue weighted by Gasteiger charge is -2.37. The van der Waals surface area contributed by atoms with E-state index in [4.69, 9.17) is 4.84 Å². The van der Waals surface area contributed by atoms with Crippen molar-refractivity contribution in [1.82, 2.24) is 20.2 Å². The normalized spacial score (nSPS) is 21.3. The van der Waals surface area contributed by atoms with E-state index in [0.717, 1.165) is 23.4 Å². The Morgan fingerprint density at radius 1 is 1.43 bits per heavy atom. The van der Waals surface area contributed by atoms with Gasteiger partial charge in [0.1, 0.15) is 11.4 Å². The molecular weight excluding hydrogens is 378 g/mol. The summed E-state index contributed by atoms with van der Waals surface area (Å²) in [7, 11) is 0. The Bertz CT molecular complexity index is 913. The van der Waals surface area contributed by atoms with Gasteiger partial charge in [-0.25, -0.2) is 4.98 Å². The lowest BCUT2D eigenvalue weighted by atomic mass is 9.88. The standard InChI is InChI=1S/C19H21N5O3S/c1-13-22-16(11-28-13)18(26)24-7-3-5-19(12-24)8-15(23-27-19)17(25)21-10-14-4-2-6-20-9-14/h2,4,6,9,11H,3,5,7-8,10,12H2,1H3,(H,21,25). The minimum absolute atomic E-state index is 0.0958. The Hall–Kier alpha value is -2.81. The van der Waals surface area contributed by atoms with E-state index >= 15 is 0 Å². The summed E-state index contributed by atoms with van der Waals surface area (Å²) >= 11 is 1.46. The number of likely N-dealkylation sites (tertiary alicyclic amines) is 1. The van der Waals surface area contributed by atoms with Crippen LogP contribution in [0.4, 0.5) is 0 Å². The third kappa shape index (κ3) is 3.89. The van der Waals surface area contributed by atoms with Crippen molar-refractivity contribution in [1.29, 1.82) is 0 Å². The number of thiazole rings is 1. The first-order chi connectivity index (χ1) is 13.5. The molecule has 2 aliphatic rings. The van der Waals surface area contributed by atoms with E-state index in [9.17, 15) is 9.59 Å². The number of rotatable bonds is 4. The van der Waals surface area contributed by atoms with Gasteiger partial charge in [0, 0.05) is 37.3 Å². The van der Waals surface area contributed by atoms with Gasteiger partial charge in [-0.2, -0.15) is 0 Å². The van der Waals surface area contributed by atoms with Gasteiger partial charge in [0.15, 0.2) is 5.60 Å². The molecule has 8 nitrogen and oxygen atoms in total. The highest BCUT2D eigenvalue weighted by Crippen LogP contribution is 2.34. The number of aryl methyl sites for hydroxylation is 1. The smallest absolute Gasteiger partial charge is 0.273 e. The molecule has 0 aliphatic carbocycles. The van der Waals surface area contributed by atoms with Gasteiger partial charge in [-0.3, -0.25) is 14.6 Å². The molecule has 28 heavy (non-hydrogen) atoms. The number of nitrogens with one attached hydrogen (secondary N) is 1. The summed E-state index contributed by atoms with van der Waals surface area (Å²) < 4.78 is 0. The molecule has 0 bridgehead atoms. The number of nitrogens with zero attached hydrogens (tertiary/aromatic N) is 4. The number of aromatic nitrogens is 2. The van der Waals surface area contributed by atoms with Gasteiger partial charge in [-0.15, -0.1) is 11.3 Å². The molecule has 2 aromatic heterocycles. The summed E-state index contributed by atoms with van der Waals surface area (Å²) in [4.78, 5) is 40.9. The summed E-state index contributed by atoms with van der Waals surface area (Å²) in [5.74, 6) is -0.346. The summed E-state index contributed by atoms with van der Waals surface area (Å²) in [6.45, 7) is 3.32. The number of amides is 2. The predicted molar refractivity (Wildman–Crippen MR) is 104 cm³/mol. The molecule has 146 valence electrons. The zero-order chi connectivity index (χ0) is 19.6. The van der Waals surface area contributed by atoms with Gasteiger partial charge in [0.25, 0.3) is 11.8 Å². The van der Waals surface area contributed by atoms with Crippen LogP contribution in [0.2, 0.25) is 0 Å². The average molecular weight is 399 g/mol. The number of pyridine rings is 1. The summed E-state index contributed by atoms with van der Waals surface area (Å²) in [6, 6.07) is 3.72. The van der Waals surface area contributed by atoms with Crippen molar-refractivity contribution >= 4 is 28.9 Å². The van der Waals surface area contributed by atoms with Gasteiger partial charge in [-0.05, 0) is 31.4 Å². The molecule has 1 N–H and O–H groups in total. The van der Waals surface area contributed by atoms with E-state index in [1.807, 2.05) is 19.1 Å². The highest BCUT2D eigenvalue weighted by Gasteiger charge is 2.45. The van der Waals surface area contributed by atoms with Crippen LogP contribution in [0.5, 0.6) is 0 Å². The first-order valence-corrected chi connectivity index (χ1v) is 10.1. The molecular formula is C19H21N5O3S. The fourth-order valence-electron chi connectivity index (χ4n) is 3.54. The zero-order valence-corrected chi connectivity index (χ0v) is 16.4. The largest absolute Gasteiger partial charge is 0.386 e. The summed E-state index contributed by atoms with van der Waals surface area (Å²) in [6.07, 6.45) is 5.35. The van der Waals surface area contributed by atoms with E-state index < -0.39 is 5.60 Å². The maximum atomic E-state index is 12.7. The van der Waals surface area contributed by atoms with Crippen LogP contribution < -0.4 is 5.32 Å². The van der Waals surface area contributed by atoms with Crippen molar-refractivity contribution in [3.8, 4) is 0 Å². The molecule has 1 fully saturated rings. The second kappa shape index (κ2) is 7.67. The summed E-state index contributed by atoms with van der Waals surface area (Å²) in [5, 5.41) is 9.52. The number of hydrogen-bond acceptors (Lipinski definition) is 7.